The molecule has 0 saturated carbocycles. The monoisotopic (exact) mass is 179 g/mol. The number of halogens is 1. The van der Waals surface area contributed by atoms with E-state index in [1.54, 1.807) is 0 Å². The van der Waals surface area contributed by atoms with Crippen molar-refractivity contribution in [3.8, 4) is 0 Å². The van der Waals surface area contributed by atoms with Crippen molar-refractivity contribution >= 4 is 12.4 Å². The molecule has 2 nitrogen and oxygen atoms in total. The lowest BCUT2D eigenvalue weighted by molar-refractivity contribution is 0.0678. The fourth-order valence-corrected chi connectivity index (χ4v) is 1.34. The second-order valence-corrected chi connectivity index (χ2v) is 3.24. The van der Waals surface area contributed by atoms with Crippen molar-refractivity contribution < 1.29 is 4.74 Å². The molecule has 1 N–H and O–H groups in total. The van der Waals surface area contributed by atoms with E-state index in [2.05, 4.69) is 19.2 Å². The van der Waals surface area contributed by atoms with Gasteiger partial charge in [0.2, 0.25) is 0 Å². The van der Waals surface area contributed by atoms with Crippen molar-refractivity contribution in [2.45, 2.75) is 38.8 Å². The van der Waals surface area contributed by atoms with Crippen LogP contribution in [0.1, 0.15) is 26.7 Å². The Balaban J connectivity index is 0.000001000. The summed E-state index contributed by atoms with van der Waals surface area (Å²) >= 11 is 0. The summed E-state index contributed by atoms with van der Waals surface area (Å²) in [6.07, 6.45) is 2.49. The number of hydrogen-bond donors (Lipinski definition) is 1. The summed E-state index contributed by atoms with van der Waals surface area (Å²) in [6, 6.07) is 1.19. The van der Waals surface area contributed by atoms with Crippen molar-refractivity contribution in [3.05, 3.63) is 0 Å². The second kappa shape index (κ2) is 5.81. The Hall–Kier alpha value is 0.210. The molecule has 11 heavy (non-hydrogen) atoms. The maximum atomic E-state index is 5.32. The molecule has 0 amide bonds. The topological polar surface area (TPSA) is 21.3 Å². The van der Waals surface area contributed by atoms with Crippen LogP contribution in [0.3, 0.4) is 0 Å². The molecule has 0 aromatic carbocycles. The highest BCUT2D eigenvalue weighted by molar-refractivity contribution is 5.85. The summed E-state index contributed by atoms with van der Waals surface area (Å²) in [5, 5.41) is 3.46. The Labute approximate surface area is 75.1 Å². The van der Waals surface area contributed by atoms with Gasteiger partial charge in [-0.2, -0.15) is 0 Å². The van der Waals surface area contributed by atoms with Gasteiger partial charge in [-0.25, -0.2) is 0 Å². The quantitative estimate of drug-likeness (QED) is 0.695. The van der Waals surface area contributed by atoms with Gasteiger partial charge in [0.15, 0.2) is 0 Å². The van der Waals surface area contributed by atoms with Gasteiger partial charge in [0, 0.05) is 18.7 Å². The molecule has 1 fully saturated rings. The van der Waals surface area contributed by atoms with Crippen molar-refractivity contribution in [2.24, 2.45) is 0 Å². The van der Waals surface area contributed by atoms with Gasteiger partial charge >= 0.3 is 0 Å². The van der Waals surface area contributed by atoms with Gasteiger partial charge in [-0.3, -0.25) is 0 Å². The molecule has 0 spiro atoms. The molecule has 0 aromatic rings. The standard InChI is InChI=1S/C8H17NO.ClH/c1-7(2)9-8-4-3-5-10-6-8;/h7-9H,3-6H2,1-2H3;1H/t8-;/m1./s1. The minimum absolute atomic E-state index is 0. The van der Waals surface area contributed by atoms with Crippen LogP contribution in [0.5, 0.6) is 0 Å². The van der Waals surface area contributed by atoms with Crippen LogP contribution >= 0.6 is 12.4 Å². The van der Waals surface area contributed by atoms with Gasteiger partial charge in [0.1, 0.15) is 0 Å². The number of ether oxygens (including phenoxy) is 1. The van der Waals surface area contributed by atoms with E-state index < -0.39 is 0 Å². The third-order valence-electron chi connectivity index (χ3n) is 1.73. The Bertz CT molecular complexity index is 92.1. The predicted octanol–water partition coefficient (Wildman–Crippen LogP) is 1.59. The molecule has 0 aromatic heterocycles. The fourth-order valence-electron chi connectivity index (χ4n) is 1.34. The third-order valence-corrected chi connectivity index (χ3v) is 1.73. The average molecular weight is 180 g/mol. The average Bonchev–Trinajstić information content (AvgIpc) is 1.88. The first-order valence-corrected chi connectivity index (χ1v) is 4.13. The molecule has 0 aliphatic carbocycles. The van der Waals surface area contributed by atoms with Crippen LogP contribution in [-0.2, 0) is 4.74 Å². The Morgan fingerprint density at radius 1 is 1.45 bits per heavy atom. The fraction of sp³-hybridized carbons (Fsp3) is 1.00. The highest BCUT2D eigenvalue weighted by Gasteiger charge is 2.13. The molecule has 1 atom stereocenters. The van der Waals surface area contributed by atoms with E-state index in [0.717, 1.165) is 13.2 Å². The van der Waals surface area contributed by atoms with Gasteiger partial charge < -0.3 is 10.1 Å². The molecule has 3 heteroatoms. The summed E-state index contributed by atoms with van der Waals surface area (Å²) < 4.78 is 5.32. The van der Waals surface area contributed by atoms with Gasteiger partial charge in [-0.05, 0) is 12.8 Å². The van der Waals surface area contributed by atoms with E-state index in [1.165, 1.54) is 12.8 Å². The lowest BCUT2D eigenvalue weighted by atomic mass is 10.1. The van der Waals surface area contributed by atoms with Gasteiger partial charge in [0.05, 0.1) is 6.61 Å². The van der Waals surface area contributed by atoms with Gasteiger partial charge in [-0.1, -0.05) is 13.8 Å². The largest absolute Gasteiger partial charge is 0.380 e. The van der Waals surface area contributed by atoms with E-state index in [9.17, 15) is 0 Å². The number of rotatable bonds is 2. The first-order valence-electron chi connectivity index (χ1n) is 4.13. The smallest absolute Gasteiger partial charge is 0.0619 e. The van der Waals surface area contributed by atoms with Crippen molar-refractivity contribution in [2.75, 3.05) is 13.2 Å². The molecule has 1 rings (SSSR count). The normalized spacial score (nSPS) is 24.8. The second-order valence-electron chi connectivity index (χ2n) is 3.24. The zero-order valence-electron chi connectivity index (χ0n) is 7.30. The summed E-state index contributed by atoms with van der Waals surface area (Å²) in [5.74, 6) is 0. The molecule has 0 radical (unpaired) electrons. The molecular formula is C8H18ClNO. The van der Waals surface area contributed by atoms with E-state index >= 15 is 0 Å². The van der Waals surface area contributed by atoms with Crippen LogP contribution in [0.15, 0.2) is 0 Å². The highest BCUT2D eigenvalue weighted by Crippen LogP contribution is 2.05. The summed E-state index contributed by atoms with van der Waals surface area (Å²) in [4.78, 5) is 0. The maximum Gasteiger partial charge on any atom is 0.0619 e. The number of nitrogens with one attached hydrogen (secondary N) is 1. The molecule has 0 unspecified atom stereocenters. The minimum Gasteiger partial charge on any atom is -0.380 e. The Morgan fingerprint density at radius 3 is 2.64 bits per heavy atom. The van der Waals surface area contributed by atoms with Crippen molar-refractivity contribution in [1.82, 2.24) is 5.32 Å². The van der Waals surface area contributed by atoms with Gasteiger partial charge in [-0.15, -0.1) is 12.4 Å². The van der Waals surface area contributed by atoms with E-state index in [0.29, 0.717) is 12.1 Å². The van der Waals surface area contributed by atoms with Crippen LogP contribution in [0.25, 0.3) is 0 Å². The van der Waals surface area contributed by atoms with E-state index in [4.69, 9.17) is 4.74 Å². The molecule has 1 heterocycles. The lowest BCUT2D eigenvalue weighted by Gasteiger charge is -2.24. The summed E-state index contributed by atoms with van der Waals surface area (Å²) in [7, 11) is 0. The van der Waals surface area contributed by atoms with E-state index in [-0.39, 0.29) is 12.4 Å². The summed E-state index contributed by atoms with van der Waals surface area (Å²) in [5.41, 5.74) is 0. The Kier molecular flexibility index (Phi) is 5.92. The van der Waals surface area contributed by atoms with Crippen LogP contribution in [-0.4, -0.2) is 25.3 Å². The first-order chi connectivity index (χ1) is 4.79. The summed E-state index contributed by atoms with van der Waals surface area (Å²) in [6.45, 7) is 6.21. The van der Waals surface area contributed by atoms with Crippen LogP contribution < -0.4 is 5.32 Å². The van der Waals surface area contributed by atoms with Crippen molar-refractivity contribution in [1.29, 1.82) is 0 Å². The Morgan fingerprint density at radius 2 is 2.18 bits per heavy atom. The van der Waals surface area contributed by atoms with Crippen LogP contribution in [0.4, 0.5) is 0 Å². The lowest BCUT2D eigenvalue weighted by Crippen LogP contribution is -2.40. The predicted molar refractivity (Wildman–Crippen MR) is 49.4 cm³/mol. The van der Waals surface area contributed by atoms with Gasteiger partial charge in [0.25, 0.3) is 0 Å². The zero-order valence-corrected chi connectivity index (χ0v) is 8.12. The number of hydrogen-bond acceptors (Lipinski definition) is 2. The van der Waals surface area contributed by atoms with Crippen LogP contribution in [0, 0.1) is 0 Å². The molecule has 1 aliphatic rings. The van der Waals surface area contributed by atoms with Crippen LogP contribution in [0.2, 0.25) is 0 Å². The molecule has 1 saturated heterocycles. The third kappa shape index (κ3) is 4.62. The minimum atomic E-state index is 0. The molecule has 68 valence electrons. The maximum absolute atomic E-state index is 5.32. The first kappa shape index (κ1) is 11.2. The SMILES string of the molecule is CC(C)N[C@@H]1CCCOC1.Cl. The zero-order chi connectivity index (χ0) is 7.40. The molecule has 0 bridgehead atoms. The van der Waals surface area contributed by atoms with E-state index in [1.807, 2.05) is 0 Å². The molecular weight excluding hydrogens is 162 g/mol. The highest BCUT2D eigenvalue weighted by atomic mass is 35.5. The molecule has 1 aliphatic heterocycles. The van der Waals surface area contributed by atoms with Crippen molar-refractivity contribution in [3.63, 3.8) is 0 Å².